The van der Waals surface area contributed by atoms with Gasteiger partial charge in [-0.15, -0.1) is 0 Å². The van der Waals surface area contributed by atoms with E-state index < -0.39 is 0 Å². The summed E-state index contributed by atoms with van der Waals surface area (Å²) in [4.78, 5) is 0. The SMILES string of the molecule is N#CC1(c2ccc(Br)cc2Cl)CCCC1. The molecular formula is C12H11BrClN. The molecule has 1 aromatic carbocycles. The van der Waals surface area contributed by atoms with Gasteiger partial charge in [0.1, 0.15) is 0 Å². The minimum absolute atomic E-state index is 0.336. The van der Waals surface area contributed by atoms with E-state index >= 15 is 0 Å². The first-order chi connectivity index (χ1) is 7.18. The summed E-state index contributed by atoms with van der Waals surface area (Å²) in [7, 11) is 0. The van der Waals surface area contributed by atoms with Crippen molar-refractivity contribution in [3.8, 4) is 6.07 Å². The van der Waals surface area contributed by atoms with Gasteiger partial charge in [-0.05, 0) is 30.5 Å². The summed E-state index contributed by atoms with van der Waals surface area (Å²) in [6.45, 7) is 0. The van der Waals surface area contributed by atoms with Crippen molar-refractivity contribution < 1.29 is 0 Å². The van der Waals surface area contributed by atoms with E-state index in [1.807, 2.05) is 18.2 Å². The first-order valence-electron chi connectivity index (χ1n) is 5.05. The van der Waals surface area contributed by atoms with Crippen molar-refractivity contribution in [2.24, 2.45) is 0 Å². The highest BCUT2D eigenvalue weighted by Gasteiger charge is 2.37. The normalized spacial score (nSPS) is 18.7. The third-order valence-corrected chi connectivity index (χ3v) is 3.92. The minimum Gasteiger partial charge on any atom is -0.197 e. The monoisotopic (exact) mass is 283 g/mol. The van der Waals surface area contributed by atoms with E-state index in [4.69, 9.17) is 11.6 Å². The highest BCUT2D eigenvalue weighted by Crippen LogP contribution is 2.43. The van der Waals surface area contributed by atoms with E-state index in [2.05, 4.69) is 22.0 Å². The first kappa shape index (κ1) is 11.0. The average molecular weight is 285 g/mol. The predicted molar refractivity (Wildman–Crippen MR) is 64.9 cm³/mol. The summed E-state index contributed by atoms with van der Waals surface area (Å²) in [5, 5.41) is 10.0. The van der Waals surface area contributed by atoms with Crippen LogP contribution in [0.3, 0.4) is 0 Å². The maximum Gasteiger partial charge on any atom is 0.0836 e. The van der Waals surface area contributed by atoms with Crippen LogP contribution in [0.5, 0.6) is 0 Å². The number of nitrogens with zero attached hydrogens (tertiary/aromatic N) is 1. The molecule has 0 bridgehead atoms. The van der Waals surface area contributed by atoms with Crippen molar-refractivity contribution in [1.82, 2.24) is 0 Å². The molecule has 0 unspecified atom stereocenters. The Labute approximate surface area is 103 Å². The standard InChI is InChI=1S/C12H11BrClN/c13-9-3-4-10(11(14)7-9)12(8-15)5-1-2-6-12/h3-4,7H,1-2,5-6H2. The molecule has 2 rings (SSSR count). The fourth-order valence-corrected chi connectivity index (χ4v) is 3.15. The van der Waals surface area contributed by atoms with Gasteiger partial charge in [0.2, 0.25) is 0 Å². The largest absolute Gasteiger partial charge is 0.197 e. The van der Waals surface area contributed by atoms with E-state index in [1.54, 1.807) is 0 Å². The lowest BCUT2D eigenvalue weighted by Gasteiger charge is -2.22. The van der Waals surface area contributed by atoms with Crippen molar-refractivity contribution >= 4 is 27.5 Å². The molecule has 15 heavy (non-hydrogen) atoms. The number of benzene rings is 1. The summed E-state index contributed by atoms with van der Waals surface area (Å²) in [5.74, 6) is 0. The van der Waals surface area contributed by atoms with Gasteiger partial charge in [-0.2, -0.15) is 5.26 Å². The lowest BCUT2D eigenvalue weighted by molar-refractivity contribution is 0.573. The second-order valence-corrected chi connectivity index (χ2v) is 5.35. The van der Waals surface area contributed by atoms with E-state index in [-0.39, 0.29) is 5.41 Å². The number of hydrogen-bond acceptors (Lipinski definition) is 1. The summed E-state index contributed by atoms with van der Waals surface area (Å²) in [6.07, 6.45) is 4.12. The van der Waals surface area contributed by atoms with Gasteiger partial charge < -0.3 is 0 Å². The maximum absolute atomic E-state index is 9.34. The molecule has 1 nitrogen and oxygen atoms in total. The Morgan fingerprint density at radius 1 is 1.33 bits per heavy atom. The Morgan fingerprint density at radius 2 is 2.00 bits per heavy atom. The molecule has 0 spiro atoms. The van der Waals surface area contributed by atoms with E-state index in [9.17, 15) is 5.26 Å². The molecule has 0 radical (unpaired) electrons. The van der Waals surface area contributed by atoms with Gasteiger partial charge in [-0.3, -0.25) is 0 Å². The van der Waals surface area contributed by atoms with Crippen LogP contribution in [0.25, 0.3) is 0 Å². The van der Waals surface area contributed by atoms with Crippen molar-refractivity contribution in [3.63, 3.8) is 0 Å². The van der Waals surface area contributed by atoms with E-state index in [1.165, 1.54) is 0 Å². The molecule has 1 aliphatic rings. The average Bonchev–Trinajstić information content (AvgIpc) is 2.67. The molecule has 0 N–H and O–H groups in total. The molecule has 0 amide bonds. The van der Waals surface area contributed by atoms with Gasteiger partial charge in [0, 0.05) is 9.50 Å². The van der Waals surface area contributed by atoms with Crippen molar-refractivity contribution in [3.05, 3.63) is 33.3 Å². The van der Waals surface area contributed by atoms with Gasteiger partial charge in [0.25, 0.3) is 0 Å². The second kappa shape index (κ2) is 4.15. The highest BCUT2D eigenvalue weighted by atomic mass is 79.9. The molecule has 0 saturated heterocycles. The van der Waals surface area contributed by atoms with Crippen molar-refractivity contribution in [2.75, 3.05) is 0 Å². The fraction of sp³-hybridized carbons (Fsp3) is 0.417. The van der Waals surface area contributed by atoms with Crippen LogP contribution in [0.4, 0.5) is 0 Å². The molecule has 78 valence electrons. The number of halogens is 2. The number of nitriles is 1. The number of rotatable bonds is 1. The predicted octanol–water partition coefficient (Wildman–Crippen LogP) is 4.44. The lowest BCUT2D eigenvalue weighted by Crippen LogP contribution is -2.19. The first-order valence-corrected chi connectivity index (χ1v) is 6.22. The Bertz CT molecular complexity index is 416. The highest BCUT2D eigenvalue weighted by molar-refractivity contribution is 9.10. The third-order valence-electron chi connectivity index (χ3n) is 3.12. The van der Waals surface area contributed by atoms with Crippen LogP contribution in [-0.2, 0) is 5.41 Å². The Balaban J connectivity index is 2.48. The molecule has 0 atom stereocenters. The molecule has 1 aromatic rings. The van der Waals surface area contributed by atoms with Gasteiger partial charge in [0.05, 0.1) is 11.5 Å². The van der Waals surface area contributed by atoms with Crippen molar-refractivity contribution in [1.29, 1.82) is 5.26 Å². The maximum atomic E-state index is 9.34. The van der Waals surface area contributed by atoms with Crippen LogP contribution in [0.15, 0.2) is 22.7 Å². The van der Waals surface area contributed by atoms with Gasteiger partial charge in [-0.1, -0.05) is 46.4 Å². The van der Waals surface area contributed by atoms with Crippen LogP contribution in [-0.4, -0.2) is 0 Å². The molecule has 0 heterocycles. The molecular weight excluding hydrogens is 273 g/mol. The van der Waals surface area contributed by atoms with Gasteiger partial charge in [0.15, 0.2) is 0 Å². The van der Waals surface area contributed by atoms with Crippen LogP contribution in [0.2, 0.25) is 5.02 Å². The summed E-state index contributed by atoms with van der Waals surface area (Å²) < 4.78 is 0.960. The Hall–Kier alpha value is -0.520. The van der Waals surface area contributed by atoms with Gasteiger partial charge in [-0.25, -0.2) is 0 Å². The third kappa shape index (κ3) is 1.91. The molecule has 1 aliphatic carbocycles. The summed E-state index contributed by atoms with van der Waals surface area (Å²) in [6, 6.07) is 8.25. The Kier molecular flexibility index (Phi) is 3.04. The van der Waals surface area contributed by atoms with Crippen LogP contribution in [0, 0.1) is 11.3 Å². The minimum atomic E-state index is -0.336. The van der Waals surface area contributed by atoms with Crippen LogP contribution in [0.1, 0.15) is 31.2 Å². The molecule has 1 fully saturated rings. The van der Waals surface area contributed by atoms with Crippen LogP contribution < -0.4 is 0 Å². The lowest BCUT2D eigenvalue weighted by atomic mass is 9.80. The topological polar surface area (TPSA) is 23.8 Å². The summed E-state index contributed by atoms with van der Waals surface area (Å²) >= 11 is 9.57. The van der Waals surface area contributed by atoms with E-state index in [0.717, 1.165) is 35.7 Å². The fourth-order valence-electron chi connectivity index (χ4n) is 2.30. The van der Waals surface area contributed by atoms with Crippen molar-refractivity contribution in [2.45, 2.75) is 31.1 Å². The number of hydrogen-bond donors (Lipinski definition) is 0. The van der Waals surface area contributed by atoms with Crippen LogP contribution >= 0.6 is 27.5 Å². The molecule has 3 heteroatoms. The zero-order valence-corrected chi connectivity index (χ0v) is 10.6. The second-order valence-electron chi connectivity index (χ2n) is 4.03. The smallest absolute Gasteiger partial charge is 0.0836 e. The Morgan fingerprint density at radius 3 is 2.53 bits per heavy atom. The zero-order valence-electron chi connectivity index (χ0n) is 8.26. The quantitative estimate of drug-likeness (QED) is 0.748. The molecule has 0 aromatic heterocycles. The molecule has 1 saturated carbocycles. The molecule has 0 aliphatic heterocycles. The van der Waals surface area contributed by atoms with E-state index in [0.29, 0.717) is 5.02 Å². The zero-order chi connectivity index (χ0) is 10.9. The van der Waals surface area contributed by atoms with Gasteiger partial charge >= 0.3 is 0 Å². The summed E-state index contributed by atoms with van der Waals surface area (Å²) in [5.41, 5.74) is 0.657.